The van der Waals surface area contributed by atoms with E-state index in [9.17, 15) is 4.79 Å². The molecule has 2 rings (SSSR count). The Morgan fingerprint density at radius 1 is 1.32 bits per heavy atom. The molecule has 0 saturated carbocycles. The summed E-state index contributed by atoms with van der Waals surface area (Å²) in [5.74, 6) is 0.785. The summed E-state index contributed by atoms with van der Waals surface area (Å²) in [7, 11) is 0. The fourth-order valence-electron chi connectivity index (χ4n) is 2.37. The molecule has 0 radical (unpaired) electrons. The van der Waals surface area contributed by atoms with Crippen molar-refractivity contribution in [2.75, 3.05) is 6.54 Å². The van der Waals surface area contributed by atoms with Gasteiger partial charge >= 0.3 is 6.03 Å². The van der Waals surface area contributed by atoms with E-state index in [4.69, 9.17) is 5.73 Å². The first-order valence-electron chi connectivity index (χ1n) is 6.62. The van der Waals surface area contributed by atoms with Crippen LogP contribution in [-0.4, -0.2) is 23.3 Å². The summed E-state index contributed by atoms with van der Waals surface area (Å²) >= 11 is 0. The lowest BCUT2D eigenvalue weighted by Crippen LogP contribution is -2.35. The molecule has 2 N–H and O–H groups in total. The number of rotatable bonds is 3. The van der Waals surface area contributed by atoms with Gasteiger partial charge in [0, 0.05) is 6.54 Å². The maximum Gasteiger partial charge on any atom is 0.346 e. The second-order valence-electron chi connectivity index (χ2n) is 5.61. The number of carbonyl (C=O) groups is 1. The van der Waals surface area contributed by atoms with E-state index in [0.29, 0.717) is 18.3 Å². The van der Waals surface area contributed by atoms with Crippen molar-refractivity contribution >= 4 is 11.9 Å². The number of carbonyl (C=O) groups excluding carboxylic acids is 1. The third-order valence-corrected chi connectivity index (χ3v) is 3.47. The van der Waals surface area contributed by atoms with Gasteiger partial charge in [-0.3, -0.25) is 0 Å². The van der Waals surface area contributed by atoms with E-state index in [1.54, 1.807) is 4.90 Å². The standard InChI is InChI=1S/C15H21N3O/c1-9(2)8-18-13(14(16)17-15(18)19)12-6-5-10(3)11(4)7-12/h5-7,9,13H,8H2,1-4H3,(H2,16,17,19). The molecule has 0 aliphatic carbocycles. The number of benzene rings is 1. The third kappa shape index (κ3) is 2.62. The zero-order chi connectivity index (χ0) is 14.2. The Balaban J connectivity index is 2.36. The van der Waals surface area contributed by atoms with Gasteiger partial charge in [0.05, 0.1) is 0 Å². The summed E-state index contributed by atoms with van der Waals surface area (Å²) in [5.41, 5.74) is 9.42. The largest absolute Gasteiger partial charge is 0.385 e. The van der Waals surface area contributed by atoms with E-state index in [0.717, 1.165) is 5.56 Å². The molecule has 4 nitrogen and oxygen atoms in total. The molecule has 102 valence electrons. The van der Waals surface area contributed by atoms with Crippen molar-refractivity contribution in [3.63, 3.8) is 0 Å². The molecule has 1 aliphatic heterocycles. The van der Waals surface area contributed by atoms with Crippen LogP contribution < -0.4 is 5.73 Å². The topological polar surface area (TPSA) is 58.7 Å². The number of nitrogens with zero attached hydrogens (tertiary/aromatic N) is 2. The first kappa shape index (κ1) is 13.6. The van der Waals surface area contributed by atoms with Gasteiger partial charge < -0.3 is 10.6 Å². The summed E-state index contributed by atoms with van der Waals surface area (Å²) in [6, 6.07) is 5.74. The highest BCUT2D eigenvalue weighted by Gasteiger charge is 2.34. The number of hydrogen-bond donors (Lipinski definition) is 1. The van der Waals surface area contributed by atoms with Crippen molar-refractivity contribution in [3.8, 4) is 0 Å². The van der Waals surface area contributed by atoms with E-state index >= 15 is 0 Å². The molecular weight excluding hydrogens is 238 g/mol. The summed E-state index contributed by atoms with van der Waals surface area (Å²) in [5, 5.41) is 0. The number of nitrogens with two attached hydrogens (primary N) is 1. The molecule has 0 bridgehead atoms. The minimum Gasteiger partial charge on any atom is -0.385 e. The van der Waals surface area contributed by atoms with Crippen LogP contribution in [0.3, 0.4) is 0 Å². The van der Waals surface area contributed by atoms with Crippen LogP contribution in [0.1, 0.15) is 36.6 Å². The van der Waals surface area contributed by atoms with E-state index in [2.05, 4.69) is 44.8 Å². The number of aryl methyl sites for hydroxylation is 2. The van der Waals surface area contributed by atoms with Crippen molar-refractivity contribution in [2.24, 2.45) is 16.6 Å². The van der Waals surface area contributed by atoms with Crippen LogP contribution in [0.15, 0.2) is 23.2 Å². The van der Waals surface area contributed by atoms with Crippen LogP contribution >= 0.6 is 0 Å². The molecule has 4 heteroatoms. The normalized spacial score (nSPS) is 19.2. The van der Waals surface area contributed by atoms with Gasteiger partial charge in [-0.25, -0.2) is 4.79 Å². The molecule has 19 heavy (non-hydrogen) atoms. The fraction of sp³-hybridized carbons (Fsp3) is 0.467. The summed E-state index contributed by atoms with van der Waals surface area (Å²) in [4.78, 5) is 17.6. The molecule has 0 saturated heterocycles. The maximum atomic E-state index is 11.9. The van der Waals surface area contributed by atoms with Gasteiger partial charge in [0.1, 0.15) is 11.9 Å². The van der Waals surface area contributed by atoms with Gasteiger partial charge in [-0.05, 0) is 36.5 Å². The Hall–Kier alpha value is -1.84. The number of amides is 2. The predicted molar refractivity (Wildman–Crippen MR) is 77.2 cm³/mol. The van der Waals surface area contributed by atoms with Crippen molar-refractivity contribution in [3.05, 3.63) is 34.9 Å². The highest BCUT2D eigenvalue weighted by atomic mass is 16.2. The van der Waals surface area contributed by atoms with Crippen molar-refractivity contribution in [1.29, 1.82) is 0 Å². The van der Waals surface area contributed by atoms with Crippen molar-refractivity contribution < 1.29 is 4.79 Å². The summed E-state index contributed by atoms with van der Waals surface area (Å²) < 4.78 is 0. The predicted octanol–water partition coefficient (Wildman–Crippen LogP) is 2.79. The Kier molecular flexibility index (Phi) is 3.60. The molecule has 0 aromatic heterocycles. The Labute approximate surface area is 114 Å². The number of amidine groups is 1. The number of aliphatic imine (C=N–C) groups is 1. The Bertz CT molecular complexity index is 534. The van der Waals surface area contributed by atoms with Gasteiger partial charge in [0.25, 0.3) is 0 Å². The number of hydrogen-bond acceptors (Lipinski definition) is 2. The Morgan fingerprint density at radius 2 is 2.00 bits per heavy atom. The molecular formula is C15H21N3O. The maximum absolute atomic E-state index is 11.9. The molecule has 1 unspecified atom stereocenters. The first-order chi connectivity index (χ1) is 8.90. The highest BCUT2D eigenvalue weighted by molar-refractivity contribution is 6.03. The van der Waals surface area contributed by atoms with Crippen molar-refractivity contribution in [1.82, 2.24) is 4.90 Å². The molecule has 2 amide bonds. The second kappa shape index (κ2) is 5.03. The van der Waals surface area contributed by atoms with Crippen LogP contribution in [-0.2, 0) is 0 Å². The SMILES string of the molecule is Cc1ccc(C2C(N)=NC(=O)N2CC(C)C)cc1C. The smallest absolute Gasteiger partial charge is 0.346 e. The zero-order valence-corrected chi connectivity index (χ0v) is 12.0. The van der Waals surface area contributed by atoms with Crippen LogP contribution in [0.4, 0.5) is 4.79 Å². The van der Waals surface area contributed by atoms with Gasteiger partial charge in [0.2, 0.25) is 0 Å². The second-order valence-corrected chi connectivity index (χ2v) is 5.61. The average Bonchev–Trinajstić information content (AvgIpc) is 2.57. The molecule has 1 aliphatic rings. The van der Waals surface area contributed by atoms with E-state index in [1.165, 1.54) is 11.1 Å². The van der Waals surface area contributed by atoms with Crippen LogP contribution in [0.2, 0.25) is 0 Å². The van der Waals surface area contributed by atoms with Crippen molar-refractivity contribution in [2.45, 2.75) is 33.7 Å². The van der Waals surface area contributed by atoms with E-state index in [1.807, 2.05) is 6.07 Å². The quantitative estimate of drug-likeness (QED) is 0.907. The Morgan fingerprint density at radius 3 is 2.58 bits per heavy atom. The third-order valence-electron chi connectivity index (χ3n) is 3.47. The average molecular weight is 259 g/mol. The monoisotopic (exact) mass is 259 g/mol. The highest BCUT2D eigenvalue weighted by Crippen LogP contribution is 2.28. The van der Waals surface area contributed by atoms with Gasteiger partial charge in [-0.15, -0.1) is 0 Å². The van der Waals surface area contributed by atoms with Gasteiger partial charge in [-0.1, -0.05) is 32.0 Å². The minimum atomic E-state index is -0.227. The molecule has 1 aromatic carbocycles. The van der Waals surface area contributed by atoms with E-state index in [-0.39, 0.29) is 12.1 Å². The summed E-state index contributed by atoms with van der Waals surface area (Å²) in [6.07, 6.45) is 0. The first-order valence-corrected chi connectivity index (χ1v) is 6.62. The van der Waals surface area contributed by atoms with Crippen LogP contribution in [0.25, 0.3) is 0 Å². The molecule has 0 fully saturated rings. The fourth-order valence-corrected chi connectivity index (χ4v) is 2.37. The lowest BCUT2D eigenvalue weighted by atomic mass is 9.99. The lowest BCUT2D eigenvalue weighted by molar-refractivity contribution is 0.199. The van der Waals surface area contributed by atoms with Gasteiger partial charge in [-0.2, -0.15) is 4.99 Å². The lowest BCUT2D eigenvalue weighted by Gasteiger charge is -2.26. The molecule has 1 heterocycles. The summed E-state index contributed by atoms with van der Waals surface area (Å²) in [6.45, 7) is 8.97. The molecule has 0 spiro atoms. The number of urea groups is 1. The molecule has 1 aromatic rings. The van der Waals surface area contributed by atoms with Gasteiger partial charge in [0.15, 0.2) is 0 Å². The minimum absolute atomic E-state index is 0.214. The molecule has 1 atom stereocenters. The van der Waals surface area contributed by atoms with Crippen LogP contribution in [0, 0.1) is 19.8 Å². The zero-order valence-electron chi connectivity index (χ0n) is 12.0. The van der Waals surface area contributed by atoms with E-state index < -0.39 is 0 Å². The van der Waals surface area contributed by atoms with Crippen LogP contribution in [0.5, 0.6) is 0 Å².